The molecular weight excluding hydrogens is 363 g/mol. The van der Waals surface area contributed by atoms with Crippen molar-refractivity contribution < 1.29 is 18.7 Å². The van der Waals surface area contributed by atoms with E-state index in [2.05, 4.69) is 20.9 Å². The highest BCUT2D eigenvalue weighted by atomic mass is 19.1. The van der Waals surface area contributed by atoms with Crippen LogP contribution in [0.25, 0.3) is 0 Å². The van der Waals surface area contributed by atoms with E-state index in [1.165, 1.54) is 12.1 Å². The molecule has 28 heavy (non-hydrogen) atoms. The molecule has 0 aromatic heterocycles. The number of amides is 1. The molecule has 0 saturated heterocycles. The van der Waals surface area contributed by atoms with Crippen molar-refractivity contribution in [1.29, 1.82) is 0 Å². The van der Waals surface area contributed by atoms with Gasteiger partial charge in [-0.2, -0.15) is 0 Å². The summed E-state index contributed by atoms with van der Waals surface area (Å²) < 4.78 is 23.6. The fraction of sp³-hybridized carbons (Fsp3) is 0.300. The minimum absolute atomic E-state index is 0.135. The normalized spacial score (nSPS) is 10.9. The van der Waals surface area contributed by atoms with Gasteiger partial charge in [-0.15, -0.1) is 0 Å². The first-order valence-electron chi connectivity index (χ1n) is 8.76. The van der Waals surface area contributed by atoms with Crippen LogP contribution >= 0.6 is 0 Å². The topological polar surface area (TPSA) is 84.0 Å². The molecule has 0 aliphatic carbocycles. The first kappa shape index (κ1) is 21.0. The molecule has 0 saturated carbocycles. The third-order valence-corrected chi connectivity index (χ3v) is 3.86. The Bertz CT molecular complexity index is 827. The number of benzene rings is 2. The molecule has 150 valence electrons. The second-order valence-corrected chi connectivity index (χ2v) is 5.85. The lowest BCUT2D eigenvalue weighted by molar-refractivity contribution is -0.120. The van der Waals surface area contributed by atoms with Crippen molar-refractivity contribution in [3.63, 3.8) is 0 Å². The summed E-state index contributed by atoms with van der Waals surface area (Å²) in [6.45, 7) is 0.878. The molecule has 1 amide bonds. The van der Waals surface area contributed by atoms with E-state index in [0.29, 0.717) is 36.1 Å². The molecule has 0 radical (unpaired) electrons. The summed E-state index contributed by atoms with van der Waals surface area (Å²) in [4.78, 5) is 16.1. The van der Waals surface area contributed by atoms with Crippen molar-refractivity contribution in [3.05, 3.63) is 53.8 Å². The van der Waals surface area contributed by atoms with Crippen LogP contribution < -0.4 is 25.4 Å². The van der Waals surface area contributed by atoms with E-state index in [0.717, 1.165) is 5.69 Å². The van der Waals surface area contributed by atoms with Gasteiger partial charge in [0.1, 0.15) is 5.82 Å². The van der Waals surface area contributed by atoms with Gasteiger partial charge in [-0.05, 0) is 29.8 Å². The fourth-order valence-electron chi connectivity index (χ4n) is 2.51. The molecule has 2 aromatic carbocycles. The molecule has 0 fully saturated rings. The Labute approximate surface area is 164 Å². The lowest BCUT2D eigenvalue weighted by Gasteiger charge is -2.14. The number of aliphatic imine (C=N–C) groups is 1. The van der Waals surface area contributed by atoms with E-state index in [9.17, 15) is 9.18 Å². The second kappa shape index (κ2) is 10.8. The molecule has 7 nitrogen and oxygen atoms in total. The highest BCUT2D eigenvalue weighted by Gasteiger charge is 2.07. The molecule has 2 aromatic rings. The summed E-state index contributed by atoms with van der Waals surface area (Å²) in [7, 11) is 4.80. The number of halogens is 1. The summed E-state index contributed by atoms with van der Waals surface area (Å²) in [5.74, 6) is 1.27. The predicted octanol–water partition coefficient (Wildman–Crippen LogP) is 2.19. The molecule has 2 rings (SSSR count). The van der Waals surface area contributed by atoms with Crippen molar-refractivity contribution in [2.75, 3.05) is 39.7 Å². The molecule has 0 aliphatic heterocycles. The number of guanidine groups is 1. The maximum absolute atomic E-state index is 13.1. The molecule has 0 heterocycles. The maximum Gasteiger partial charge on any atom is 0.224 e. The number of nitrogens with zero attached hydrogens (tertiary/aromatic N) is 1. The lowest BCUT2D eigenvalue weighted by atomic mass is 10.1. The van der Waals surface area contributed by atoms with Gasteiger partial charge in [0, 0.05) is 31.9 Å². The summed E-state index contributed by atoms with van der Waals surface area (Å²) in [6, 6.07) is 11.4. The molecule has 0 aliphatic rings. The number of hydrogen-bond donors (Lipinski definition) is 3. The number of hydrogen-bond acceptors (Lipinski definition) is 4. The van der Waals surface area contributed by atoms with Crippen LogP contribution in [0.15, 0.2) is 47.5 Å². The van der Waals surface area contributed by atoms with E-state index >= 15 is 0 Å². The van der Waals surface area contributed by atoms with E-state index in [4.69, 9.17) is 9.47 Å². The van der Waals surface area contributed by atoms with Crippen LogP contribution in [0, 0.1) is 5.82 Å². The summed E-state index contributed by atoms with van der Waals surface area (Å²) in [5.41, 5.74) is 1.41. The average Bonchev–Trinajstić information content (AvgIpc) is 2.70. The Balaban J connectivity index is 1.77. The summed E-state index contributed by atoms with van der Waals surface area (Å²) >= 11 is 0. The molecule has 0 unspecified atom stereocenters. The van der Waals surface area contributed by atoms with Gasteiger partial charge in [-0.3, -0.25) is 9.79 Å². The Morgan fingerprint density at radius 1 is 1.04 bits per heavy atom. The Morgan fingerprint density at radius 2 is 1.79 bits per heavy atom. The van der Waals surface area contributed by atoms with Gasteiger partial charge in [0.2, 0.25) is 5.91 Å². The SMILES string of the molecule is CN=C(NCCNC(=O)Cc1cccc(F)c1)Nc1ccc(OC)c(OC)c1. The number of ether oxygens (including phenoxy) is 2. The van der Waals surface area contributed by atoms with Crippen molar-refractivity contribution in [2.45, 2.75) is 6.42 Å². The van der Waals surface area contributed by atoms with Crippen molar-refractivity contribution in [2.24, 2.45) is 4.99 Å². The van der Waals surface area contributed by atoms with Gasteiger partial charge < -0.3 is 25.4 Å². The van der Waals surface area contributed by atoms with Crippen LogP contribution in [-0.2, 0) is 11.2 Å². The quantitative estimate of drug-likeness (QED) is 0.367. The molecule has 0 atom stereocenters. The van der Waals surface area contributed by atoms with Gasteiger partial charge >= 0.3 is 0 Å². The number of rotatable bonds is 8. The van der Waals surface area contributed by atoms with Crippen LogP contribution in [-0.4, -0.2) is 46.2 Å². The minimum Gasteiger partial charge on any atom is -0.493 e. The van der Waals surface area contributed by atoms with E-state index in [1.807, 2.05) is 6.07 Å². The third kappa shape index (κ3) is 6.46. The molecule has 8 heteroatoms. The van der Waals surface area contributed by atoms with Crippen LogP contribution in [0.3, 0.4) is 0 Å². The first-order chi connectivity index (χ1) is 13.5. The number of carbonyl (C=O) groups is 1. The third-order valence-electron chi connectivity index (χ3n) is 3.86. The zero-order valence-corrected chi connectivity index (χ0v) is 16.2. The molecule has 0 bridgehead atoms. The second-order valence-electron chi connectivity index (χ2n) is 5.85. The lowest BCUT2D eigenvalue weighted by Crippen LogP contribution is -2.38. The Hall–Kier alpha value is -3.29. The Kier molecular flexibility index (Phi) is 8.08. The monoisotopic (exact) mass is 388 g/mol. The summed E-state index contributed by atoms with van der Waals surface area (Å²) in [5, 5.41) is 9.03. The van der Waals surface area contributed by atoms with E-state index in [-0.39, 0.29) is 18.1 Å². The van der Waals surface area contributed by atoms with Gasteiger partial charge in [-0.1, -0.05) is 12.1 Å². The van der Waals surface area contributed by atoms with E-state index < -0.39 is 0 Å². The van der Waals surface area contributed by atoms with Crippen molar-refractivity contribution >= 4 is 17.6 Å². The number of methoxy groups -OCH3 is 2. The van der Waals surface area contributed by atoms with Crippen LogP contribution in [0.5, 0.6) is 11.5 Å². The molecule has 3 N–H and O–H groups in total. The highest BCUT2D eigenvalue weighted by Crippen LogP contribution is 2.29. The smallest absolute Gasteiger partial charge is 0.224 e. The first-order valence-corrected chi connectivity index (χ1v) is 8.76. The highest BCUT2D eigenvalue weighted by molar-refractivity contribution is 5.93. The number of nitrogens with one attached hydrogen (secondary N) is 3. The van der Waals surface area contributed by atoms with Crippen LogP contribution in [0.1, 0.15) is 5.56 Å². The average molecular weight is 388 g/mol. The Morgan fingerprint density at radius 3 is 2.46 bits per heavy atom. The fourth-order valence-corrected chi connectivity index (χ4v) is 2.51. The van der Waals surface area contributed by atoms with E-state index in [1.54, 1.807) is 45.5 Å². The zero-order valence-electron chi connectivity index (χ0n) is 16.2. The molecular formula is C20H25FN4O3. The van der Waals surface area contributed by atoms with Gasteiger partial charge in [0.05, 0.1) is 20.6 Å². The van der Waals surface area contributed by atoms with Gasteiger partial charge in [0.25, 0.3) is 0 Å². The number of carbonyl (C=O) groups excluding carboxylic acids is 1. The van der Waals surface area contributed by atoms with Gasteiger partial charge in [0.15, 0.2) is 17.5 Å². The van der Waals surface area contributed by atoms with Gasteiger partial charge in [-0.25, -0.2) is 4.39 Å². The minimum atomic E-state index is -0.350. The predicted molar refractivity (Wildman–Crippen MR) is 108 cm³/mol. The number of anilines is 1. The largest absolute Gasteiger partial charge is 0.493 e. The molecule has 0 spiro atoms. The standard InChI is InChI=1S/C20H25FN4O3/c1-22-20(25-16-7-8-17(27-2)18(13-16)28-3)24-10-9-23-19(26)12-14-5-4-6-15(21)11-14/h4-8,11,13H,9-10,12H2,1-3H3,(H,23,26)(H2,22,24,25). The van der Waals surface area contributed by atoms with Crippen LogP contribution in [0.2, 0.25) is 0 Å². The van der Waals surface area contributed by atoms with Crippen molar-refractivity contribution in [1.82, 2.24) is 10.6 Å². The summed E-state index contributed by atoms with van der Waals surface area (Å²) in [6.07, 6.45) is 0.135. The van der Waals surface area contributed by atoms with Crippen molar-refractivity contribution in [3.8, 4) is 11.5 Å². The zero-order chi connectivity index (χ0) is 20.4. The van der Waals surface area contributed by atoms with Crippen LogP contribution in [0.4, 0.5) is 10.1 Å². The maximum atomic E-state index is 13.1.